The predicted molar refractivity (Wildman–Crippen MR) is 68.0 cm³/mol. The highest BCUT2D eigenvalue weighted by Gasteiger charge is 2.00. The molecular formula is C14H23NO. The molecule has 0 aliphatic heterocycles. The Morgan fingerprint density at radius 3 is 2.56 bits per heavy atom. The summed E-state index contributed by atoms with van der Waals surface area (Å²) < 4.78 is 5.62. The fraction of sp³-hybridized carbons (Fsp3) is 0.643. The first-order chi connectivity index (χ1) is 7.74. The third-order valence-electron chi connectivity index (χ3n) is 2.62. The highest BCUT2D eigenvalue weighted by molar-refractivity contribution is 5.21. The third kappa shape index (κ3) is 4.65. The van der Waals surface area contributed by atoms with Gasteiger partial charge in [-0.1, -0.05) is 40.0 Å². The fourth-order valence-electron chi connectivity index (χ4n) is 1.54. The van der Waals surface area contributed by atoms with Crippen LogP contribution in [0, 0.1) is 0 Å². The van der Waals surface area contributed by atoms with Crippen LogP contribution >= 0.6 is 0 Å². The Balaban J connectivity index is 2.27. The van der Waals surface area contributed by atoms with E-state index in [4.69, 9.17) is 4.74 Å². The van der Waals surface area contributed by atoms with Gasteiger partial charge in [-0.05, 0) is 24.5 Å². The van der Waals surface area contributed by atoms with Gasteiger partial charge in [-0.25, -0.2) is 0 Å². The normalized spacial score (nSPS) is 10.8. The van der Waals surface area contributed by atoms with Crippen LogP contribution in [0.1, 0.15) is 58.1 Å². The number of hydrogen-bond acceptors (Lipinski definition) is 2. The lowest BCUT2D eigenvalue weighted by molar-refractivity contribution is 0.303. The van der Waals surface area contributed by atoms with Gasteiger partial charge < -0.3 is 4.74 Å². The molecule has 0 aromatic carbocycles. The Labute approximate surface area is 99.0 Å². The minimum Gasteiger partial charge on any atom is -0.492 e. The van der Waals surface area contributed by atoms with Crippen molar-refractivity contribution < 1.29 is 4.74 Å². The van der Waals surface area contributed by atoms with Crippen molar-refractivity contribution in [2.24, 2.45) is 0 Å². The van der Waals surface area contributed by atoms with Gasteiger partial charge in [0.1, 0.15) is 5.75 Å². The minimum absolute atomic E-state index is 0.485. The number of hydrogen-bond donors (Lipinski definition) is 0. The summed E-state index contributed by atoms with van der Waals surface area (Å²) in [5.41, 5.74) is 1.12. The van der Waals surface area contributed by atoms with Crippen LogP contribution in [0.4, 0.5) is 0 Å². The van der Waals surface area contributed by atoms with E-state index in [1.165, 1.54) is 19.3 Å². The lowest BCUT2D eigenvalue weighted by Gasteiger charge is -2.07. The Bertz CT molecular complexity index is 279. The summed E-state index contributed by atoms with van der Waals surface area (Å²) in [6.07, 6.45) is 6.79. The summed E-state index contributed by atoms with van der Waals surface area (Å²) in [5.74, 6) is 1.37. The fourth-order valence-corrected chi connectivity index (χ4v) is 1.54. The van der Waals surface area contributed by atoms with Gasteiger partial charge in [0, 0.05) is 5.69 Å². The van der Waals surface area contributed by atoms with Crippen LogP contribution in [0.15, 0.2) is 18.3 Å². The first kappa shape index (κ1) is 13.0. The average Bonchev–Trinajstić information content (AvgIpc) is 2.29. The van der Waals surface area contributed by atoms with Crippen molar-refractivity contribution in [2.45, 2.75) is 52.4 Å². The lowest BCUT2D eigenvalue weighted by Crippen LogP contribution is -1.99. The molecule has 1 rings (SSSR count). The van der Waals surface area contributed by atoms with E-state index in [0.717, 1.165) is 24.5 Å². The molecule has 1 aromatic rings. The SMILES string of the molecule is CCCCCCOc1ccc(C(C)C)nc1. The second kappa shape index (κ2) is 7.26. The zero-order valence-electron chi connectivity index (χ0n) is 10.7. The number of ether oxygens (including phenoxy) is 1. The van der Waals surface area contributed by atoms with Crippen LogP contribution in [0.25, 0.3) is 0 Å². The summed E-state index contributed by atoms with van der Waals surface area (Å²) >= 11 is 0. The standard InChI is InChI=1S/C14H23NO/c1-4-5-6-7-10-16-13-8-9-14(12(2)3)15-11-13/h8-9,11-12H,4-7,10H2,1-3H3. The van der Waals surface area contributed by atoms with E-state index in [1.807, 2.05) is 18.3 Å². The monoisotopic (exact) mass is 221 g/mol. The Hall–Kier alpha value is -1.05. The Kier molecular flexibility index (Phi) is 5.91. The molecule has 0 bridgehead atoms. The van der Waals surface area contributed by atoms with E-state index >= 15 is 0 Å². The number of nitrogens with zero attached hydrogens (tertiary/aromatic N) is 1. The van der Waals surface area contributed by atoms with Crippen LogP contribution in [-0.4, -0.2) is 11.6 Å². The summed E-state index contributed by atoms with van der Waals surface area (Å²) in [6, 6.07) is 4.06. The van der Waals surface area contributed by atoms with Crippen LogP contribution < -0.4 is 4.74 Å². The van der Waals surface area contributed by atoms with Crippen molar-refractivity contribution in [1.82, 2.24) is 4.98 Å². The van der Waals surface area contributed by atoms with Crippen molar-refractivity contribution >= 4 is 0 Å². The van der Waals surface area contributed by atoms with Gasteiger partial charge in [0.25, 0.3) is 0 Å². The molecule has 0 unspecified atom stereocenters. The maximum Gasteiger partial charge on any atom is 0.137 e. The quantitative estimate of drug-likeness (QED) is 0.645. The first-order valence-corrected chi connectivity index (χ1v) is 6.32. The molecule has 1 aromatic heterocycles. The van der Waals surface area contributed by atoms with Crippen molar-refractivity contribution in [3.63, 3.8) is 0 Å². The molecule has 0 aliphatic rings. The van der Waals surface area contributed by atoms with Gasteiger partial charge in [-0.3, -0.25) is 4.98 Å². The molecule has 0 N–H and O–H groups in total. The van der Waals surface area contributed by atoms with E-state index in [-0.39, 0.29) is 0 Å². The van der Waals surface area contributed by atoms with Gasteiger partial charge in [-0.15, -0.1) is 0 Å². The van der Waals surface area contributed by atoms with Gasteiger partial charge >= 0.3 is 0 Å². The average molecular weight is 221 g/mol. The zero-order valence-corrected chi connectivity index (χ0v) is 10.7. The molecule has 0 atom stereocenters. The molecule has 0 saturated carbocycles. The molecule has 16 heavy (non-hydrogen) atoms. The second-order valence-electron chi connectivity index (χ2n) is 4.48. The Morgan fingerprint density at radius 1 is 1.19 bits per heavy atom. The number of unbranched alkanes of at least 4 members (excludes halogenated alkanes) is 3. The topological polar surface area (TPSA) is 22.1 Å². The van der Waals surface area contributed by atoms with E-state index in [9.17, 15) is 0 Å². The molecule has 90 valence electrons. The van der Waals surface area contributed by atoms with E-state index in [2.05, 4.69) is 25.8 Å². The zero-order chi connectivity index (χ0) is 11.8. The lowest BCUT2D eigenvalue weighted by atomic mass is 10.1. The van der Waals surface area contributed by atoms with E-state index in [0.29, 0.717) is 5.92 Å². The van der Waals surface area contributed by atoms with Crippen LogP contribution in [-0.2, 0) is 0 Å². The Morgan fingerprint density at radius 2 is 2.00 bits per heavy atom. The van der Waals surface area contributed by atoms with Crippen molar-refractivity contribution in [2.75, 3.05) is 6.61 Å². The summed E-state index contributed by atoms with van der Waals surface area (Å²) in [6.45, 7) is 7.32. The van der Waals surface area contributed by atoms with Crippen molar-refractivity contribution in [1.29, 1.82) is 0 Å². The van der Waals surface area contributed by atoms with E-state index in [1.54, 1.807) is 0 Å². The van der Waals surface area contributed by atoms with Gasteiger partial charge in [0.15, 0.2) is 0 Å². The van der Waals surface area contributed by atoms with E-state index < -0.39 is 0 Å². The molecule has 2 nitrogen and oxygen atoms in total. The van der Waals surface area contributed by atoms with Crippen molar-refractivity contribution in [3.05, 3.63) is 24.0 Å². The highest BCUT2D eigenvalue weighted by Crippen LogP contribution is 2.15. The van der Waals surface area contributed by atoms with Gasteiger partial charge in [-0.2, -0.15) is 0 Å². The van der Waals surface area contributed by atoms with Gasteiger partial charge in [0.05, 0.1) is 12.8 Å². The maximum atomic E-state index is 5.62. The number of rotatable bonds is 7. The molecule has 0 fully saturated rings. The second-order valence-corrected chi connectivity index (χ2v) is 4.48. The molecule has 2 heteroatoms. The number of pyridine rings is 1. The molecule has 0 spiro atoms. The molecule has 0 saturated heterocycles. The predicted octanol–water partition coefficient (Wildman–Crippen LogP) is 4.16. The molecule has 0 radical (unpaired) electrons. The number of aromatic nitrogens is 1. The third-order valence-corrected chi connectivity index (χ3v) is 2.62. The van der Waals surface area contributed by atoms with Crippen LogP contribution in [0.5, 0.6) is 5.75 Å². The van der Waals surface area contributed by atoms with Crippen LogP contribution in [0.3, 0.4) is 0 Å². The highest BCUT2D eigenvalue weighted by atomic mass is 16.5. The largest absolute Gasteiger partial charge is 0.492 e. The maximum absolute atomic E-state index is 5.62. The molecular weight excluding hydrogens is 198 g/mol. The summed E-state index contributed by atoms with van der Waals surface area (Å²) in [5, 5.41) is 0. The summed E-state index contributed by atoms with van der Waals surface area (Å²) in [4.78, 5) is 4.37. The summed E-state index contributed by atoms with van der Waals surface area (Å²) in [7, 11) is 0. The molecule has 0 aliphatic carbocycles. The minimum atomic E-state index is 0.485. The first-order valence-electron chi connectivity index (χ1n) is 6.32. The molecule has 0 amide bonds. The van der Waals surface area contributed by atoms with Crippen molar-refractivity contribution in [3.8, 4) is 5.75 Å². The van der Waals surface area contributed by atoms with Crippen LogP contribution in [0.2, 0.25) is 0 Å². The van der Waals surface area contributed by atoms with Gasteiger partial charge in [0.2, 0.25) is 0 Å². The molecule has 1 heterocycles. The smallest absolute Gasteiger partial charge is 0.137 e.